The van der Waals surface area contributed by atoms with Crippen LogP contribution in [0.4, 0.5) is 5.82 Å². The number of nitrogens with zero attached hydrogens (tertiary/aromatic N) is 5. The minimum atomic E-state index is -0.241. The molecule has 3 aliphatic rings. The highest BCUT2D eigenvalue weighted by Crippen LogP contribution is 2.37. The number of fused-ring (bicyclic) bond motifs is 1. The predicted molar refractivity (Wildman–Crippen MR) is 152 cm³/mol. The van der Waals surface area contributed by atoms with Crippen LogP contribution in [-0.2, 0) is 16.0 Å². The number of piperazine rings is 1. The summed E-state index contributed by atoms with van der Waals surface area (Å²) in [6, 6.07) is 8.25. The number of aryl methyl sites for hydroxylation is 1. The largest absolute Gasteiger partial charge is 0.381 e. The van der Waals surface area contributed by atoms with Crippen LogP contribution < -0.4 is 4.90 Å². The Morgan fingerprint density at radius 2 is 1.89 bits per heavy atom. The van der Waals surface area contributed by atoms with E-state index in [4.69, 9.17) is 16.3 Å². The van der Waals surface area contributed by atoms with Crippen LogP contribution in [0.3, 0.4) is 0 Å². The highest BCUT2D eigenvalue weighted by molar-refractivity contribution is 6.30. The fraction of sp³-hybridized carbons (Fsp3) is 0.567. The number of rotatable bonds is 9. The summed E-state index contributed by atoms with van der Waals surface area (Å²) in [5.74, 6) is 1.51. The van der Waals surface area contributed by atoms with Crippen molar-refractivity contribution in [3.05, 3.63) is 65.1 Å². The third-order valence-electron chi connectivity index (χ3n) is 8.46. The minimum Gasteiger partial charge on any atom is -0.381 e. The molecule has 0 bridgehead atoms. The first-order chi connectivity index (χ1) is 18.5. The van der Waals surface area contributed by atoms with Gasteiger partial charge in [-0.3, -0.25) is 9.69 Å². The van der Waals surface area contributed by atoms with Gasteiger partial charge in [0, 0.05) is 74.8 Å². The fourth-order valence-electron chi connectivity index (χ4n) is 6.22. The molecular weight excluding hydrogens is 498 g/mol. The molecular formula is C30H40ClN5O2. The lowest BCUT2D eigenvalue weighted by Crippen LogP contribution is -2.52. The van der Waals surface area contributed by atoms with Gasteiger partial charge in [-0.25, -0.2) is 9.97 Å². The predicted octanol–water partition coefficient (Wildman–Crippen LogP) is 4.67. The first kappa shape index (κ1) is 27.1. The van der Waals surface area contributed by atoms with E-state index in [1.807, 2.05) is 30.3 Å². The molecule has 0 saturated carbocycles. The summed E-state index contributed by atoms with van der Waals surface area (Å²) in [5, 5.41) is 0.688. The highest BCUT2D eigenvalue weighted by Gasteiger charge is 2.34. The zero-order valence-electron chi connectivity index (χ0n) is 22.5. The van der Waals surface area contributed by atoms with Crippen LogP contribution in [0, 0.1) is 0 Å². The van der Waals surface area contributed by atoms with Crippen LogP contribution in [0.1, 0.15) is 61.3 Å². The fourth-order valence-corrected chi connectivity index (χ4v) is 6.35. The van der Waals surface area contributed by atoms with Crippen LogP contribution in [0.5, 0.6) is 0 Å². The first-order valence-corrected chi connectivity index (χ1v) is 14.5. The quantitative estimate of drug-likeness (QED) is 0.433. The van der Waals surface area contributed by atoms with E-state index in [0.717, 1.165) is 76.3 Å². The molecule has 1 amide bonds. The third-order valence-corrected chi connectivity index (χ3v) is 8.71. The van der Waals surface area contributed by atoms with Crippen LogP contribution in [0.2, 0.25) is 5.02 Å². The van der Waals surface area contributed by atoms with Gasteiger partial charge in [-0.2, -0.15) is 0 Å². The minimum absolute atomic E-state index is 0.198. The van der Waals surface area contributed by atoms with Gasteiger partial charge >= 0.3 is 0 Å². The molecule has 2 fully saturated rings. The summed E-state index contributed by atoms with van der Waals surface area (Å²) in [4.78, 5) is 30.2. The first-order valence-electron chi connectivity index (χ1n) is 14.1. The summed E-state index contributed by atoms with van der Waals surface area (Å²) in [5.41, 5.74) is 3.53. The maximum Gasteiger partial charge on any atom is 0.231 e. The summed E-state index contributed by atoms with van der Waals surface area (Å²) in [7, 11) is 0. The number of benzene rings is 1. The monoisotopic (exact) mass is 537 g/mol. The molecule has 1 aromatic carbocycles. The molecule has 8 heteroatoms. The van der Waals surface area contributed by atoms with E-state index < -0.39 is 0 Å². The van der Waals surface area contributed by atoms with E-state index in [1.54, 1.807) is 6.33 Å². The molecule has 1 aliphatic carbocycles. The Hall–Kier alpha value is -2.48. The number of halogens is 1. The van der Waals surface area contributed by atoms with Gasteiger partial charge < -0.3 is 14.5 Å². The number of carbonyl (C=O) groups excluding carboxylic acids is 1. The van der Waals surface area contributed by atoms with Crippen LogP contribution in [0.25, 0.3) is 0 Å². The van der Waals surface area contributed by atoms with Gasteiger partial charge in [-0.1, -0.05) is 36.7 Å². The van der Waals surface area contributed by atoms with Crippen molar-refractivity contribution in [2.45, 2.75) is 56.9 Å². The normalized spacial score (nSPS) is 21.0. The van der Waals surface area contributed by atoms with E-state index in [1.165, 1.54) is 11.3 Å². The van der Waals surface area contributed by atoms with E-state index in [0.29, 0.717) is 36.6 Å². The van der Waals surface area contributed by atoms with Crippen molar-refractivity contribution in [3.8, 4) is 0 Å². The van der Waals surface area contributed by atoms with E-state index in [2.05, 4.69) is 38.2 Å². The second-order valence-electron chi connectivity index (χ2n) is 10.8. The van der Waals surface area contributed by atoms with Crippen molar-refractivity contribution >= 4 is 23.3 Å². The van der Waals surface area contributed by atoms with Crippen molar-refractivity contribution in [1.82, 2.24) is 19.8 Å². The van der Waals surface area contributed by atoms with Crippen LogP contribution in [0.15, 0.2) is 43.2 Å². The van der Waals surface area contributed by atoms with E-state index >= 15 is 0 Å². The molecule has 1 aromatic heterocycles. The Labute approximate surface area is 231 Å². The maximum atomic E-state index is 14.1. The van der Waals surface area contributed by atoms with E-state index in [9.17, 15) is 4.79 Å². The average molecular weight is 538 g/mol. The molecule has 2 aliphatic heterocycles. The molecule has 0 unspecified atom stereocenters. The van der Waals surface area contributed by atoms with Crippen molar-refractivity contribution in [3.63, 3.8) is 0 Å². The number of amides is 1. The Morgan fingerprint density at radius 3 is 2.61 bits per heavy atom. The van der Waals surface area contributed by atoms with Crippen molar-refractivity contribution < 1.29 is 9.53 Å². The molecule has 0 N–H and O–H groups in total. The van der Waals surface area contributed by atoms with Crippen LogP contribution in [-0.4, -0.2) is 84.2 Å². The molecule has 2 atom stereocenters. The Morgan fingerprint density at radius 1 is 1.16 bits per heavy atom. The van der Waals surface area contributed by atoms with Gasteiger partial charge in [-0.15, -0.1) is 6.58 Å². The second kappa shape index (κ2) is 12.6. The topological polar surface area (TPSA) is 61.8 Å². The molecule has 0 radical (unpaired) electrons. The van der Waals surface area contributed by atoms with Crippen molar-refractivity contribution in [1.29, 1.82) is 0 Å². The SMILES string of the molecule is C=CCCN(C[C@@H](C(=O)N1CCN(c2ncnc3c2[C@H](C)CC3)CC1)c1ccc(Cl)cc1)C1CCOCC1. The number of anilines is 1. The Balaban J connectivity index is 1.32. The zero-order chi connectivity index (χ0) is 26.5. The molecule has 204 valence electrons. The molecule has 0 spiro atoms. The molecule has 38 heavy (non-hydrogen) atoms. The van der Waals surface area contributed by atoms with Gasteiger partial charge in [0.2, 0.25) is 5.91 Å². The third kappa shape index (κ3) is 6.05. The average Bonchev–Trinajstić information content (AvgIpc) is 3.35. The summed E-state index contributed by atoms with van der Waals surface area (Å²) < 4.78 is 5.63. The number of hydrogen-bond donors (Lipinski definition) is 0. The number of ether oxygens (including phenoxy) is 1. The van der Waals surface area contributed by atoms with Gasteiger partial charge in [0.15, 0.2) is 0 Å². The number of hydrogen-bond acceptors (Lipinski definition) is 6. The van der Waals surface area contributed by atoms with Gasteiger partial charge in [0.1, 0.15) is 12.1 Å². The molecule has 5 rings (SSSR count). The van der Waals surface area contributed by atoms with Gasteiger partial charge in [-0.05, 0) is 55.7 Å². The number of aromatic nitrogens is 2. The second-order valence-corrected chi connectivity index (χ2v) is 11.3. The van der Waals surface area contributed by atoms with Crippen molar-refractivity contribution in [2.24, 2.45) is 0 Å². The zero-order valence-corrected chi connectivity index (χ0v) is 23.3. The smallest absolute Gasteiger partial charge is 0.231 e. The molecule has 3 heterocycles. The van der Waals surface area contributed by atoms with Gasteiger partial charge in [0.05, 0.1) is 5.92 Å². The molecule has 7 nitrogen and oxygen atoms in total. The molecule has 2 aromatic rings. The van der Waals surface area contributed by atoms with Crippen molar-refractivity contribution in [2.75, 3.05) is 57.4 Å². The Bertz CT molecular complexity index is 1100. The lowest BCUT2D eigenvalue weighted by Gasteiger charge is -2.40. The summed E-state index contributed by atoms with van der Waals surface area (Å²) >= 11 is 6.22. The molecule has 2 saturated heterocycles. The summed E-state index contributed by atoms with van der Waals surface area (Å²) in [6.45, 7) is 12.3. The van der Waals surface area contributed by atoms with Gasteiger partial charge in [0.25, 0.3) is 0 Å². The van der Waals surface area contributed by atoms with Crippen LogP contribution >= 0.6 is 11.6 Å². The highest BCUT2D eigenvalue weighted by atomic mass is 35.5. The lowest BCUT2D eigenvalue weighted by molar-refractivity contribution is -0.134. The maximum absolute atomic E-state index is 14.1. The lowest BCUT2D eigenvalue weighted by atomic mass is 9.94. The van der Waals surface area contributed by atoms with E-state index in [-0.39, 0.29) is 11.8 Å². The summed E-state index contributed by atoms with van der Waals surface area (Å²) in [6.07, 6.45) is 8.74. The number of carbonyl (C=O) groups is 1. The Kier molecular flexibility index (Phi) is 8.97. The standard InChI is InChI=1S/C30H40ClN5O2/c1-3-4-13-36(25-11-18-38-19-12-25)20-26(23-6-8-24(31)9-7-23)30(37)35-16-14-34(15-17-35)29-28-22(2)5-10-27(28)32-21-33-29/h3,6-9,21-22,25-26H,1,4-5,10-20H2,2H3/t22-,26-/m1/s1.